The lowest BCUT2D eigenvalue weighted by atomic mass is 10.1. The predicted molar refractivity (Wildman–Crippen MR) is 117 cm³/mol. The largest absolute Gasteiger partial charge is 0.486 e. The minimum Gasteiger partial charge on any atom is -0.486 e. The molecule has 33 heavy (non-hydrogen) atoms. The Morgan fingerprint density at radius 2 is 1.73 bits per heavy atom. The van der Waals surface area contributed by atoms with Crippen molar-refractivity contribution in [3.63, 3.8) is 0 Å². The highest BCUT2D eigenvalue weighted by Crippen LogP contribution is 2.38. The number of nitrogens with one attached hydrogen (secondary N) is 1. The Balaban J connectivity index is 1.86. The van der Waals surface area contributed by atoms with Crippen LogP contribution in [-0.2, 0) is 21.0 Å². The summed E-state index contributed by atoms with van der Waals surface area (Å²) in [6.45, 7) is 3.79. The van der Waals surface area contributed by atoms with E-state index in [1.54, 1.807) is 25.1 Å². The zero-order valence-corrected chi connectivity index (χ0v) is 19.5. The van der Waals surface area contributed by atoms with E-state index in [1.165, 1.54) is 6.92 Å². The average molecular weight is 507 g/mol. The van der Waals surface area contributed by atoms with E-state index in [2.05, 4.69) is 5.32 Å². The number of hydrogen-bond acceptors (Lipinski definition) is 5. The third kappa shape index (κ3) is 5.64. The van der Waals surface area contributed by atoms with Crippen molar-refractivity contribution in [1.82, 2.24) is 5.32 Å². The van der Waals surface area contributed by atoms with E-state index in [-0.39, 0.29) is 5.69 Å². The Bertz CT molecular complexity index is 1160. The number of carbonyl (C=O) groups is 1. The summed E-state index contributed by atoms with van der Waals surface area (Å²) in [5, 5.41) is 2.11. The molecule has 0 unspecified atom stereocenters. The standard InChI is InChI=1S/C21H22ClF3N2O5S/c1-12(14-4-7-18-19(10-14)32-9-8-31-18)26-20(28)13(2)27(33(3,29)30)15-5-6-17(22)16(11-15)21(23,24)25/h4-7,10-13H,8-9H2,1-3H3,(H,26,28)/t12-,13-/m0/s1. The first kappa shape index (κ1) is 25.0. The second-order valence-corrected chi connectivity index (χ2v) is 9.80. The van der Waals surface area contributed by atoms with Crippen LogP contribution in [0, 0.1) is 0 Å². The molecule has 0 saturated heterocycles. The molecule has 180 valence electrons. The van der Waals surface area contributed by atoms with E-state index < -0.39 is 44.8 Å². The van der Waals surface area contributed by atoms with Gasteiger partial charge in [0.1, 0.15) is 19.3 Å². The van der Waals surface area contributed by atoms with Crippen molar-refractivity contribution in [3.8, 4) is 11.5 Å². The van der Waals surface area contributed by atoms with Crippen LogP contribution in [0.2, 0.25) is 5.02 Å². The molecule has 7 nitrogen and oxygen atoms in total. The molecule has 1 aliphatic rings. The molecule has 2 aromatic rings. The number of anilines is 1. The monoisotopic (exact) mass is 506 g/mol. The van der Waals surface area contributed by atoms with Gasteiger partial charge >= 0.3 is 6.18 Å². The minimum atomic E-state index is -4.80. The van der Waals surface area contributed by atoms with Crippen LogP contribution in [0.3, 0.4) is 0 Å². The molecule has 0 saturated carbocycles. The maximum Gasteiger partial charge on any atom is 0.417 e. The molecule has 0 bridgehead atoms. The van der Waals surface area contributed by atoms with Gasteiger partial charge in [0.2, 0.25) is 15.9 Å². The van der Waals surface area contributed by atoms with Gasteiger partial charge in [-0.25, -0.2) is 8.42 Å². The van der Waals surface area contributed by atoms with Crippen LogP contribution in [0.5, 0.6) is 11.5 Å². The fourth-order valence-corrected chi connectivity index (χ4v) is 4.81. The Kier molecular flexibility index (Phi) is 7.04. The number of hydrogen-bond donors (Lipinski definition) is 1. The van der Waals surface area contributed by atoms with Gasteiger partial charge in [0.25, 0.3) is 0 Å². The molecular weight excluding hydrogens is 485 g/mol. The molecule has 0 aliphatic carbocycles. The summed E-state index contributed by atoms with van der Waals surface area (Å²) in [7, 11) is -4.12. The van der Waals surface area contributed by atoms with E-state index in [4.69, 9.17) is 21.1 Å². The Hall–Kier alpha value is -2.66. The summed E-state index contributed by atoms with van der Waals surface area (Å²) in [5.41, 5.74) is -0.854. The molecule has 3 rings (SSSR count). The number of alkyl halides is 3. The van der Waals surface area contributed by atoms with Crippen molar-refractivity contribution in [2.24, 2.45) is 0 Å². The number of ether oxygens (including phenoxy) is 2. The van der Waals surface area contributed by atoms with Crippen LogP contribution in [0.15, 0.2) is 36.4 Å². The van der Waals surface area contributed by atoms with Crippen molar-refractivity contribution in [3.05, 3.63) is 52.5 Å². The average Bonchev–Trinajstić information content (AvgIpc) is 2.72. The number of benzene rings is 2. The number of nitrogens with zero attached hydrogens (tertiary/aromatic N) is 1. The maximum absolute atomic E-state index is 13.3. The van der Waals surface area contributed by atoms with Crippen LogP contribution in [0.25, 0.3) is 0 Å². The SMILES string of the molecule is C[C@H](NC(=O)[C@H](C)N(c1ccc(Cl)c(C(F)(F)F)c1)S(C)(=O)=O)c1ccc2c(c1)OCCO2. The molecule has 0 spiro atoms. The van der Waals surface area contributed by atoms with Crippen molar-refractivity contribution >= 4 is 33.2 Å². The number of amides is 1. The molecule has 1 amide bonds. The van der Waals surface area contributed by atoms with Crippen molar-refractivity contribution in [1.29, 1.82) is 0 Å². The predicted octanol–water partition coefficient (Wildman–Crippen LogP) is 4.16. The normalized spacial score (nSPS) is 15.5. The van der Waals surface area contributed by atoms with Crippen LogP contribution >= 0.6 is 11.6 Å². The molecular formula is C21H22ClF3N2O5S. The lowest BCUT2D eigenvalue weighted by Gasteiger charge is -2.30. The summed E-state index contributed by atoms with van der Waals surface area (Å²) in [6.07, 6.45) is -3.99. The topological polar surface area (TPSA) is 84.9 Å². The van der Waals surface area contributed by atoms with Gasteiger partial charge in [-0.2, -0.15) is 13.2 Å². The molecule has 1 N–H and O–H groups in total. The molecule has 0 radical (unpaired) electrons. The first-order valence-corrected chi connectivity index (χ1v) is 12.1. The summed E-state index contributed by atoms with van der Waals surface area (Å²) in [6, 6.07) is 5.91. The van der Waals surface area contributed by atoms with Gasteiger partial charge < -0.3 is 14.8 Å². The van der Waals surface area contributed by atoms with Gasteiger partial charge in [-0.15, -0.1) is 0 Å². The smallest absolute Gasteiger partial charge is 0.417 e. The van der Waals surface area contributed by atoms with Crippen LogP contribution in [0.4, 0.5) is 18.9 Å². The summed E-state index contributed by atoms with van der Waals surface area (Å²) >= 11 is 5.64. The highest BCUT2D eigenvalue weighted by atomic mass is 35.5. The number of rotatable bonds is 6. The molecule has 12 heteroatoms. The first-order chi connectivity index (χ1) is 15.3. The Morgan fingerprint density at radius 3 is 2.33 bits per heavy atom. The maximum atomic E-state index is 13.3. The fraction of sp³-hybridized carbons (Fsp3) is 0.381. The van der Waals surface area contributed by atoms with Gasteiger partial charge in [-0.3, -0.25) is 9.10 Å². The number of halogens is 4. The quantitative estimate of drug-likeness (QED) is 0.636. The molecule has 0 aromatic heterocycles. The summed E-state index contributed by atoms with van der Waals surface area (Å²) < 4.78 is 76.3. The second-order valence-electron chi connectivity index (χ2n) is 7.53. The zero-order chi connectivity index (χ0) is 24.6. The van der Waals surface area contributed by atoms with Crippen LogP contribution < -0.4 is 19.1 Å². The third-order valence-corrected chi connectivity index (χ3v) is 6.59. The van der Waals surface area contributed by atoms with Gasteiger partial charge in [0.15, 0.2) is 11.5 Å². The van der Waals surface area contributed by atoms with Gasteiger partial charge in [-0.1, -0.05) is 17.7 Å². The third-order valence-electron chi connectivity index (χ3n) is 5.02. The van der Waals surface area contributed by atoms with Crippen LogP contribution in [-0.4, -0.2) is 39.8 Å². The van der Waals surface area contributed by atoms with Crippen molar-refractivity contribution < 1.29 is 35.9 Å². The van der Waals surface area contributed by atoms with Crippen molar-refractivity contribution in [2.45, 2.75) is 32.1 Å². The molecule has 2 atom stereocenters. The summed E-state index contributed by atoms with van der Waals surface area (Å²) in [5.74, 6) is 0.390. The van der Waals surface area contributed by atoms with E-state index in [9.17, 15) is 26.4 Å². The highest BCUT2D eigenvalue weighted by molar-refractivity contribution is 7.92. The van der Waals surface area contributed by atoms with E-state index in [0.29, 0.717) is 40.6 Å². The Morgan fingerprint density at radius 1 is 1.09 bits per heavy atom. The molecule has 2 aromatic carbocycles. The second kappa shape index (κ2) is 9.30. The summed E-state index contributed by atoms with van der Waals surface area (Å²) in [4.78, 5) is 12.9. The van der Waals surface area contributed by atoms with Crippen molar-refractivity contribution in [2.75, 3.05) is 23.8 Å². The van der Waals surface area contributed by atoms with Gasteiger partial charge in [0, 0.05) is 0 Å². The van der Waals surface area contributed by atoms with E-state index in [0.717, 1.165) is 18.4 Å². The van der Waals surface area contributed by atoms with Gasteiger partial charge in [-0.05, 0) is 49.7 Å². The first-order valence-electron chi connectivity index (χ1n) is 9.85. The number of sulfonamides is 1. The minimum absolute atomic E-state index is 0.330. The zero-order valence-electron chi connectivity index (χ0n) is 17.9. The number of fused-ring (bicyclic) bond motifs is 1. The fourth-order valence-electron chi connectivity index (χ4n) is 3.42. The van der Waals surface area contributed by atoms with Gasteiger partial charge in [0.05, 0.1) is 28.6 Å². The lowest BCUT2D eigenvalue weighted by Crippen LogP contribution is -2.48. The van der Waals surface area contributed by atoms with Crippen LogP contribution in [0.1, 0.15) is 31.0 Å². The number of carbonyl (C=O) groups excluding carboxylic acids is 1. The Labute approximate surface area is 194 Å². The van der Waals surface area contributed by atoms with E-state index >= 15 is 0 Å². The highest BCUT2D eigenvalue weighted by Gasteiger charge is 2.36. The molecule has 1 heterocycles. The lowest BCUT2D eigenvalue weighted by molar-refractivity contribution is -0.137. The molecule has 0 fully saturated rings. The molecule has 1 aliphatic heterocycles. The van der Waals surface area contributed by atoms with E-state index in [1.807, 2.05) is 0 Å².